The van der Waals surface area contributed by atoms with Crippen molar-refractivity contribution in [3.05, 3.63) is 168 Å². The zero-order chi connectivity index (χ0) is 33.0. The first-order valence-electron chi connectivity index (χ1n) is 18.6. The Morgan fingerprint density at radius 2 is 1.62 bits per heavy atom. The lowest BCUT2D eigenvalue weighted by Gasteiger charge is -2.38. The Morgan fingerprint density at radius 1 is 0.720 bits per heavy atom. The number of aryl methyl sites for hydroxylation is 1. The van der Waals surface area contributed by atoms with Crippen LogP contribution in [0.3, 0.4) is 0 Å². The maximum absolute atomic E-state index is 3.81. The molecule has 1 heterocycles. The van der Waals surface area contributed by atoms with E-state index < -0.39 is 0 Å². The van der Waals surface area contributed by atoms with E-state index in [-0.39, 0.29) is 0 Å². The van der Waals surface area contributed by atoms with Crippen molar-refractivity contribution in [2.24, 2.45) is 5.92 Å². The second-order valence-electron chi connectivity index (χ2n) is 14.6. The van der Waals surface area contributed by atoms with Gasteiger partial charge in [-0.2, -0.15) is 0 Å². The number of anilines is 2. The molecule has 244 valence electrons. The summed E-state index contributed by atoms with van der Waals surface area (Å²) in [6.45, 7) is 0. The molecule has 1 saturated heterocycles. The summed E-state index contributed by atoms with van der Waals surface area (Å²) >= 11 is 0. The minimum absolute atomic E-state index is 0.463. The van der Waals surface area contributed by atoms with Crippen LogP contribution in [0, 0.1) is 5.92 Å². The van der Waals surface area contributed by atoms with Gasteiger partial charge in [-0.3, -0.25) is 4.90 Å². The van der Waals surface area contributed by atoms with Crippen LogP contribution in [0.5, 0.6) is 0 Å². The highest BCUT2D eigenvalue weighted by atomic mass is 15.2. The molecule has 0 spiro atoms. The normalized spacial score (nSPS) is 23.8. The maximum atomic E-state index is 3.81. The van der Waals surface area contributed by atoms with E-state index in [0.717, 1.165) is 37.1 Å². The molecule has 4 atom stereocenters. The van der Waals surface area contributed by atoms with Gasteiger partial charge in [0.05, 0.1) is 0 Å². The van der Waals surface area contributed by atoms with Crippen LogP contribution in [0.15, 0.2) is 151 Å². The van der Waals surface area contributed by atoms with Crippen LogP contribution in [0.4, 0.5) is 11.4 Å². The van der Waals surface area contributed by atoms with Crippen molar-refractivity contribution in [3.63, 3.8) is 0 Å². The van der Waals surface area contributed by atoms with E-state index in [4.69, 9.17) is 0 Å². The highest BCUT2D eigenvalue weighted by Gasteiger charge is 2.46. The molecule has 1 fully saturated rings. The molecule has 0 aromatic heterocycles. The first-order chi connectivity index (χ1) is 24.8. The summed E-state index contributed by atoms with van der Waals surface area (Å²) in [6, 6.07) is 35.4. The van der Waals surface area contributed by atoms with E-state index >= 15 is 0 Å². The molecule has 5 aromatic carbocycles. The summed E-state index contributed by atoms with van der Waals surface area (Å²) in [5, 5.41) is 9.15. The molecular weight excluding hydrogens is 605 g/mol. The number of para-hydroxylation sites is 1. The SMILES string of the molecule is C1=CCC2C(=C1)C1C=CCCC1N2C1C=CC(c2ccc(Nc3ccccc3-c3cc4c(c5ccc6ccccc6c35)CCC=C4)cc2)=CC1. The van der Waals surface area contributed by atoms with Crippen LogP contribution in [0.2, 0.25) is 0 Å². The van der Waals surface area contributed by atoms with Gasteiger partial charge in [-0.1, -0.05) is 127 Å². The van der Waals surface area contributed by atoms with Crippen molar-refractivity contribution in [2.45, 2.75) is 56.7 Å². The summed E-state index contributed by atoms with van der Waals surface area (Å²) in [5.74, 6) is 0.588. The van der Waals surface area contributed by atoms with Crippen LogP contribution in [0.1, 0.15) is 48.8 Å². The van der Waals surface area contributed by atoms with Crippen LogP contribution < -0.4 is 5.32 Å². The molecule has 5 aliphatic rings. The third-order valence-electron chi connectivity index (χ3n) is 11.9. The molecule has 2 nitrogen and oxygen atoms in total. The molecule has 1 aliphatic heterocycles. The van der Waals surface area contributed by atoms with Crippen LogP contribution in [-0.4, -0.2) is 23.0 Å². The lowest BCUT2D eigenvalue weighted by atomic mass is 9.84. The van der Waals surface area contributed by atoms with Gasteiger partial charge in [-0.25, -0.2) is 0 Å². The molecule has 1 N–H and O–H groups in total. The Hall–Kier alpha value is -5.18. The molecule has 10 rings (SSSR count). The van der Waals surface area contributed by atoms with Crippen molar-refractivity contribution >= 4 is 44.6 Å². The van der Waals surface area contributed by atoms with Crippen molar-refractivity contribution in [1.29, 1.82) is 0 Å². The van der Waals surface area contributed by atoms with Gasteiger partial charge in [0.15, 0.2) is 0 Å². The first kappa shape index (κ1) is 29.7. The van der Waals surface area contributed by atoms with E-state index in [1.807, 2.05) is 0 Å². The van der Waals surface area contributed by atoms with Gasteiger partial charge < -0.3 is 5.32 Å². The summed E-state index contributed by atoms with van der Waals surface area (Å²) in [6.07, 6.45) is 30.8. The highest BCUT2D eigenvalue weighted by molar-refractivity contribution is 6.17. The Kier molecular flexibility index (Phi) is 7.31. The number of rotatable bonds is 5. The molecule has 0 amide bonds. The number of nitrogens with zero attached hydrogens (tertiary/aromatic N) is 1. The zero-order valence-corrected chi connectivity index (χ0v) is 28.4. The molecule has 0 bridgehead atoms. The monoisotopic (exact) mass is 646 g/mol. The standard InChI is InChI=1S/C48H42N2/c1-4-14-39-34(11-1)25-30-43-38-13-3-2-12-35(38)31-44(48(39)43)40-15-5-8-18-45(40)49-36-26-21-32(22-27-36)33-23-28-37(29-24-33)50-46-19-9-6-16-41(46)42-17-7-10-20-47(42)50/h1-2,4-9,11-12,14-18,21-28,30-31,37,42,46-47,49H,3,10,13,19-20,29H2. The molecular formula is C48H42N2. The Morgan fingerprint density at radius 3 is 2.54 bits per heavy atom. The summed E-state index contributed by atoms with van der Waals surface area (Å²) in [7, 11) is 0. The smallest absolute Gasteiger partial charge is 0.0464 e. The van der Waals surface area contributed by atoms with Gasteiger partial charge in [0.25, 0.3) is 0 Å². The number of hydrogen-bond acceptors (Lipinski definition) is 2. The zero-order valence-electron chi connectivity index (χ0n) is 28.4. The van der Waals surface area contributed by atoms with Crippen LogP contribution in [-0.2, 0) is 6.42 Å². The summed E-state index contributed by atoms with van der Waals surface area (Å²) in [5.41, 5.74) is 11.8. The van der Waals surface area contributed by atoms with E-state index in [1.165, 1.54) is 67.8 Å². The number of allylic oxidation sites excluding steroid dienone is 6. The molecule has 5 aromatic rings. The van der Waals surface area contributed by atoms with E-state index in [1.54, 1.807) is 5.57 Å². The second-order valence-corrected chi connectivity index (χ2v) is 14.6. The number of benzene rings is 5. The van der Waals surface area contributed by atoms with E-state index in [2.05, 4.69) is 162 Å². The largest absolute Gasteiger partial charge is 0.355 e. The fraction of sp³-hybridized carbons (Fsp3) is 0.208. The minimum atomic E-state index is 0.463. The van der Waals surface area contributed by atoms with Gasteiger partial charge in [0.2, 0.25) is 0 Å². The van der Waals surface area contributed by atoms with Crippen molar-refractivity contribution in [3.8, 4) is 11.1 Å². The lowest BCUT2D eigenvalue weighted by Crippen LogP contribution is -2.45. The van der Waals surface area contributed by atoms with Crippen LogP contribution >= 0.6 is 0 Å². The lowest BCUT2D eigenvalue weighted by molar-refractivity contribution is 0.143. The fourth-order valence-corrected chi connectivity index (χ4v) is 9.59. The number of fused-ring (bicyclic) bond motifs is 8. The molecule has 50 heavy (non-hydrogen) atoms. The quantitative estimate of drug-likeness (QED) is 0.151. The second kappa shape index (κ2) is 12.3. The summed E-state index contributed by atoms with van der Waals surface area (Å²) < 4.78 is 0. The van der Waals surface area contributed by atoms with Gasteiger partial charge in [0, 0.05) is 41.0 Å². The third-order valence-corrected chi connectivity index (χ3v) is 11.9. The minimum Gasteiger partial charge on any atom is -0.355 e. The Bertz CT molecular complexity index is 2330. The van der Waals surface area contributed by atoms with Gasteiger partial charge >= 0.3 is 0 Å². The van der Waals surface area contributed by atoms with Crippen molar-refractivity contribution in [2.75, 3.05) is 5.32 Å². The molecule has 0 radical (unpaired) electrons. The molecule has 0 saturated carbocycles. The topological polar surface area (TPSA) is 15.3 Å². The molecule has 4 unspecified atom stereocenters. The number of hydrogen-bond donors (Lipinski definition) is 1. The van der Waals surface area contributed by atoms with Gasteiger partial charge in [-0.05, 0) is 118 Å². The average molecular weight is 647 g/mol. The van der Waals surface area contributed by atoms with Gasteiger partial charge in [-0.15, -0.1) is 0 Å². The number of nitrogens with one attached hydrogen (secondary N) is 1. The van der Waals surface area contributed by atoms with Gasteiger partial charge in [0.1, 0.15) is 0 Å². The third kappa shape index (κ3) is 4.96. The Labute approximate surface area is 295 Å². The fourth-order valence-electron chi connectivity index (χ4n) is 9.59. The number of likely N-dealkylation sites (tertiary alicyclic amines) is 1. The first-order valence-corrected chi connectivity index (χ1v) is 18.6. The maximum Gasteiger partial charge on any atom is 0.0464 e. The van der Waals surface area contributed by atoms with Crippen molar-refractivity contribution in [1.82, 2.24) is 4.90 Å². The molecule has 4 aliphatic carbocycles. The average Bonchev–Trinajstić information content (AvgIpc) is 3.52. The predicted molar refractivity (Wildman–Crippen MR) is 213 cm³/mol. The molecule has 2 heteroatoms. The predicted octanol–water partition coefficient (Wildman–Crippen LogP) is 12.0. The Balaban J connectivity index is 0.930. The highest BCUT2D eigenvalue weighted by Crippen LogP contribution is 2.46. The summed E-state index contributed by atoms with van der Waals surface area (Å²) in [4.78, 5) is 2.85. The van der Waals surface area contributed by atoms with Crippen molar-refractivity contribution < 1.29 is 0 Å². The van der Waals surface area contributed by atoms with E-state index in [9.17, 15) is 0 Å². The van der Waals surface area contributed by atoms with E-state index in [0.29, 0.717) is 24.0 Å². The van der Waals surface area contributed by atoms with Crippen LogP contribution in [0.25, 0.3) is 44.3 Å².